The monoisotopic (exact) mass is 1370 g/mol. The Morgan fingerprint density at radius 2 is 0.800 bits per heavy atom. The molecule has 0 aliphatic carbocycles. The van der Waals surface area contributed by atoms with E-state index >= 15 is 0 Å². The van der Waals surface area contributed by atoms with Crippen LogP contribution in [0.2, 0.25) is 0 Å². The molecule has 2 atom stereocenters. The predicted octanol–water partition coefficient (Wildman–Crippen LogP) is 10.5. The molecule has 95 heavy (non-hydrogen) atoms. The first kappa shape index (κ1) is 69.2. The highest BCUT2D eigenvalue weighted by atomic mass is 32.2. The number of rotatable bonds is 19. The SMILES string of the molecule is O=C(NO)c1ccc(N(Cc2ccc(C3CCOCC3)cc2)C(=O)[C@H]2CCN2S(=O)(=O)c2c(F)c(F)c(F)c(F)c2F)cc1.O=C(NOCc1ccccc1)c1ccc(N(Cc2ccc(C3CCOCC3)cc2)C(=O)[C@H]2CCN2S(=O)(=O)c2c(F)c(F)c(F)c(F)c2F)cc1. The minimum atomic E-state index is -5.36. The second-order valence-corrected chi connectivity index (χ2v) is 26.1. The summed E-state index contributed by atoms with van der Waals surface area (Å²) >= 11 is 0. The summed E-state index contributed by atoms with van der Waals surface area (Å²) in [6, 6.07) is 32.1. The maximum Gasteiger partial charge on any atom is 0.274 e. The van der Waals surface area contributed by atoms with Crippen molar-refractivity contribution in [2.45, 2.75) is 91.9 Å². The van der Waals surface area contributed by atoms with Crippen LogP contribution in [0.1, 0.15) is 98.9 Å². The number of nitrogens with one attached hydrogen (secondary N) is 2. The summed E-state index contributed by atoms with van der Waals surface area (Å²) < 4.78 is 206. The molecule has 3 N–H and O–H groups in total. The van der Waals surface area contributed by atoms with Gasteiger partial charge >= 0.3 is 0 Å². The number of benzene rings is 7. The number of hydrogen-bond donors (Lipinski definition) is 3. The predicted molar refractivity (Wildman–Crippen MR) is 319 cm³/mol. The van der Waals surface area contributed by atoms with Gasteiger partial charge in [-0.1, -0.05) is 78.9 Å². The van der Waals surface area contributed by atoms with Gasteiger partial charge in [0, 0.05) is 62.0 Å². The molecular formula is C65H58F10N6O12S2. The fourth-order valence-corrected chi connectivity index (χ4v) is 14.8. The smallest absolute Gasteiger partial charge is 0.274 e. The molecule has 0 saturated carbocycles. The van der Waals surface area contributed by atoms with Gasteiger partial charge in [-0.2, -0.15) is 8.61 Å². The average Bonchev–Trinajstić information content (AvgIpc) is 0.747. The number of hydrogen-bond acceptors (Lipinski definition) is 12. The third kappa shape index (κ3) is 14.6. The van der Waals surface area contributed by atoms with E-state index in [4.69, 9.17) is 19.5 Å². The van der Waals surface area contributed by atoms with Gasteiger partial charge in [0.1, 0.15) is 12.1 Å². The van der Waals surface area contributed by atoms with E-state index in [1.54, 1.807) is 12.1 Å². The maximum atomic E-state index is 14.6. The summed E-state index contributed by atoms with van der Waals surface area (Å²) in [7, 11) is -10.7. The lowest BCUT2D eigenvalue weighted by atomic mass is 9.91. The van der Waals surface area contributed by atoms with Gasteiger partial charge in [-0.25, -0.2) is 71.7 Å². The lowest BCUT2D eigenvalue weighted by Gasteiger charge is -2.41. The molecule has 4 heterocycles. The van der Waals surface area contributed by atoms with Gasteiger partial charge < -0.3 is 19.3 Å². The van der Waals surface area contributed by atoms with Gasteiger partial charge in [0.25, 0.3) is 11.8 Å². The molecule has 0 spiro atoms. The van der Waals surface area contributed by atoms with Crippen molar-refractivity contribution in [2.75, 3.05) is 49.3 Å². The summed E-state index contributed by atoms with van der Waals surface area (Å²) in [5.74, 6) is -27.3. The van der Waals surface area contributed by atoms with Crippen LogP contribution in [0.15, 0.2) is 137 Å². The fourth-order valence-electron chi connectivity index (χ4n) is 11.3. The number of halogens is 10. The fraction of sp³-hybridized carbons (Fsp3) is 0.292. The molecule has 4 fully saturated rings. The number of amides is 4. The zero-order chi connectivity index (χ0) is 68.0. The molecule has 4 amide bonds. The van der Waals surface area contributed by atoms with Gasteiger partial charge in [0.2, 0.25) is 43.5 Å². The molecule has 4 aliphatic heterocycles. The first-order chi connectivity index (χ1) is 45.4. The molecule has 0 radical (unpaired) electrons. The molecule has 0 aromatic heterocycles. The Bertz CT molecular complexity index is 4180. The number of carbonyl (C=O) groups excluding carboxylic acids is 4. The van der Waals surface area contributed by atoms with Crippen LogP contribution in [0.3, 0.4) is 0 Å². The van der Waals surface area contributed by atoms with Crippen LogP contribution in [-0.4, -0.2) is 106 Å². The lowest BCUT2D eigenvalue weighted by molar-refractivity contribution is -0.125. The number of ether oxygens (including phenoxy) is 2. The number of carbonyl (C=O) groups is 4. The molecule has 18 nitrogen and oxygen atoms in total. The Morgan fingerprint density at radius 1 is 0.453 bits per heavy atom. The minimum absolute atomic E-state index is 0.0450. The van der Waals surface area contributed by atoms with Gasteiger partial charge in [-0.05, 0) is 127 Å². The van der Waals surface area contributed by atoms with Crippen molar-refractivity contribution in [3.63, 3.8) is 0 Å². The maximum absolute atomic E-state index is 14.6. The average molecular weight is 1370 g/mol. The molecule has 11 rings (SSSR count). The molecule has 7 aromatic carbocycles. The van der Waals surface area contributed by atoms with Crippen LogP contribution in [-0.2, 0) is 63.6 Å². The summed E-state index contributed by atoms with van der Waals surface area (Å²) in [5, 5.41) is 8.91. The summed E-state index contributed by atoms with van der Waals surface area (Å²) in [6.07, 6.45) is 3.23. The van der Waals surface area contributed by atoms with E-state index in [1.807, 2.05) is 66.7 Å². The Kier molecular flexibility index (Phi) is 21.5. The van der Waals surface area contributed by atoms with E-state index < -0.39 is 137 Å². The Morgan fingerprint density at radius 3 is 1.14 bits per heavy atom. The van der Waals surface area contributed by atoms with Crippen molar-refractivity contribution in [1.82, 2.24) is 19.6 Å². The van der Waals surface area contributed by atoms with Crippen molar-refractivity contribution in [3.8, 4) is 0 Å². The van der Waals surface area contributed by atoms with Crippen LogP contribution < -0.4 is 20.8 Å². The second kappa shape index (κ2) is 29.6. The van der Waals surface area contributed by atoms with E-state index in [0.717, 1.165) is 42.4 Å². The normalized spacial score (nSPS) is 17.2. The Labute approximate surface area is 537 Å². The Hall–Kier alpha value is -8.62. The first-order valence-corrected chi connectivity index (χ1v) is 32.4. The van der Waals surface area contributed by atoms with Crippen LogP contribution >= 0.6 is 0 Å². The lowest BCUT2D eigenvalue weighted by Crippen LogP contribution is -2.59. The summed E-state index contributed by atoms with van der Waals surface area (Å²) in [5.41, 5.74) is 8.79. The van der Waals surface area contributed by atoms with Crippen LogP contribution in [0.25, 0.3) is 0 Å². The van der Waals surface area contributed by atoms with E-state index in [9.17, 15) is 79.9 Å². The van der Waals surface area contributed by atoms with Crippen LogP contribution in [0.5, 0.6) is 0 Å². The third-order valence-corrected chi connectivity index (χ3v) is 20.6. The van der Waals surface area contributed by atoms with Crippen molar-refractivity contribution in [3.05, 3.63) is 225 Å². The standard InChI is InChI=1S/C36H32F5N3O6S.C29H26F5N3O6S/c37-29-30(38)32(40)34(33(41)31(29)39)51(47,48)44-17-14-28(44)36(46)43(20-22-6-8-24(9-7-22)25-15-18-49-19-16-25)27-12-10-26(11-13-27)35(45)42-50-21-23-4-2-1-3-5-23;30-22-23(31)25(33)27(26(34)24(22)32)44(41,42)37-12-9-21(37)29(39)36(20-7-5-19(6-8-20)28(38)35-40)15-16-1-3-17(4-2-16)18-10-13-43-14-11-18/h1-13,25,28H,14-21H2,(H,42,45);1-8,18,21,40H,9-15H2,(H,35,38)/t28-;21-/m11/s1. The topological polar surface area (TPSA) is 221 Å². The molecule has 4 saturated heterocycles. The van der Waals surface area contributed by atoms with Gasteiger partial charge in [0.15, 0.2) is 56.3 Å². The molecule has 0 bridgehead atoms. The molecule has 30 heteroatoms. The minimum Gasteiger partial charge on any atom is -0.381 e. The third-order valence-electron chi connectivity index (χ3n) is 16.8. The van der Waals surface area contributed by atoms with Crippen molar-refractivity contribution < 1.29 is 99.4 Å². The molecule has 502 valence electrons. The van der Waals surface area contributed by atoms with Crippen molar-refractivity contribution >= 4 is 55.1 Å². The summed E-state index contributed by atoms with van der Waals surface area (Å²) in [6.45, 7) is 1.70. The molecule has 7 aromatic rings. The zero-order valence-electron chi connectivity index (χ0n) is 49.9. The molecule has 0 unspecified atom stereocenters. The number of anilines is 2. The van der Waals surface area contributed by atoms with Gasteiger partial charge in [-0.15, -0.1) is 0 Å². The van der Waals surface area contributed by atoms with Crippen molar-refractivity contribution in [1.29, 1.82) is 0 Å². The highest BCUT2D eigenvalue weighted by molar-refractivity contribution is 7.89. The highest BCUT2D eigenvalue weighted by Crippen LogP contribution is 2.38. The number of hydroxylamine groups is 2. The first-order valence-electron chi connectivity index (χ1n) is 29.6. The van der Waals surface area contributed by atoms with Crippen molar-refractivity contribution in [2.24, 2.45) is 0 Å². The summed E-state index contributed by atoms with van der Waals surface area (Å²) in [4.78, 5) is 56.2. The Balaban J connectivity index is 0.000000209. The van der Waals surface area contributed by atoms with E-state index in [0.29, 0.717) is 58.0 Å². The van der Waals surface area contributed by atoms with E-state index in [-0.39, 0.29) is 55.0 Å². The van der Waals surface area contributed by atoms with Crippen LogP contribution in [0, 0.1) is 58.2 Å². The quantitative estimate of drug-likeness (QED) is 0.0226. The highest BCUT2D eigenvalue weighted by Gasteiger charge is 2.50. The second-order valence-electron chi connectivity index (χ2n) is 22.5. The van der Waals surface area contributed by atoms with Crippen LogP contribution in [0.4, 0.5) is 55.3 Å². The number of nitrogens with zero attached hydrogens (tertiary/aromatic N) is 4. The van der Waals surface area contributed by atoms with E-state index in [2.05, 4.69) is 5.48 Å². The van der Waals surface area contributed by atoms with E-state index in [1.165, 1.54) is 63.8 Å². The van der Waals surface area contributed by atoms with Gasteiger partial charge in [0.05, 0.1) is 19.7 Å². The largest absolute Gasteiger partial charge is 0.381 e. The van der Waals surface area contributed by atoms with Gasteiger partial charge in [-0.3, -0.25) is 29.2 Å². The zero-order valence-corrected chi connectivity index (χ0v) is 51.5. The molecule has 4 aliphatic rings. The number of sulfonamides is 2. The molecular weight excluding hydrogens is 1310 g/mol.